The molecule has 2 aliphatic rings. The summed E-state index contributed by atoms with van der Waals surface area (Å²) in [5.41, 5.74) is 5.12. The molecule has 0 fully saturated rings. The number of nitrogens with zero attached hydrogens (tertiary/aromatic N) is 2. The molecule has 22 heavy (non-hydrogen) atoms. The molecule has 2 N–H and O–H groups in total. The average Bonchev–Trinajstić information content (AvgIpc) is 2.87. The van der Waals surface area contributed by atoms with Gasteiger partial charge in [-0.15, -0.1) is 0 Å². The molecule has 0 saturated carbocycles. The highest BCUT2D eigenvalue weighted by Crippen LogP contribution is 2.38. The summed E-state index contributed by atoms with van der Waals surface area (Å²) in [5.74, 6) is -0.435. The van der Waals surface area contributed by atoms with E-state index in [0.717, 1.165) is 39.4 Å². The number of hydrogen-bond acceptors (Lipinski definition) is 3. The minimum absolute atomic E-state index is 0.185. The van der Waals surface area contributed by atoms with E-state index in [1.54, 1.807) is 12.3 Å². The van der Waals surface area contributed by atoms with Crippen molar-refractivity contribution in [2.45, 2.75) is 19.3 Å². The predicted molar refractivity (Wildman–Crippen MR) is 79.2 cm³/mol. The van der Waals surface area contributed by atoms with Crippen LogP contribution in [0.2, 0.25) is 5.15 Å². The van der Waals surface area contributed by atoms with Gasteiger partial charge in [0.15, 0.2) is 0 Å². The number of fused-ring (bicyclic) bond motifs is 5. The molecule has 1 aliphatic carbocycles. The zero-order chi connectivity index (χ0) is 15.4. The van der Waals surface area contributed by atoms with E-state index >= 15 is 0 Å². The van der Waals surface area contributed by atoms with Gasteiger partial charge in [0.1, 0.15) is 5.15 Å². The second-order valence-electron chi connectivity index (χ2n) is 5.49. The van der Waals surface area contributed by atoms with Crippen molar-refractivity contribution in [1.29, 1.82) is 0 Å². The monoisotopic (exact) mass is 317 g/mol. The fourth-order valence-electron chi connectivity index (χ4n) is 3.31. The highest BCUT2D eigenvalue weighted by atomic mass is 35.5. The van der Waals surface area contributed by atoms with Crippen LogP contribution in [0.4, 0.5) is 4.79 Å². The van der Waals surface area contributed by atoms with Crippen molar-refractivity contribution in [3.05, 3.63) is 39.8 Å². The number of aryl methyl sites for hydroxylation is 1. The van der Waals surface area contributed by atoms with Crippen LogP contribution in [0.3, 0.4) is 0 Å². The Kier molecular flexibility index (Phi) is 2.77. The second kappa shape index (κ2) is 4.58. The van der Waals surface area contributed by atoms with Crippen molar-refractivity contribution >= 4 is 23.6 Å². The van der Waals surface area contributed by atoms with Crippen LogP contribution in [0, 0.1) is 0 Å². The second-order valence-corrected chi connectivity index (χ2v) is 5.87. The van der Waals surface area contributed by atoms with Gasteiger partial charge in [0.05, 0.1) is 11.3 Å². The summed E-state index contributed by atoms with van der Waals surface area (Å²) in [7, 11) is 0. The summed E-state index contributed by atoms with van der Waals surface area (Å²) in [6.07, 6.45) is 2.52. The van der Waals surface area contributed by atoms with Crippen LogP contribution >= 0.6 is 11.6 Å². The Bertz CT molecular complexity index is 828. The van der Waals surface area contributed by atoms with Gasteiger partial charge in [-0.1, -0.05) is 11.6 Å². The maximum atomic E-state index is 12.5. The predicted octanol–water partition coefficient (Wildman–Crippen LogP) is 2.51. The molecule has 1 aliphatic heterocycles. The number of hydrogen-bond donors (Lipinski definition) is 2. The van der Waals surface area contributed by atoms with Gasteiger partial charge in [-0.2, -0.15) is 0 Å². The molecule has 2 aromatic heterocycles. The summed E-state index contributed by atoms with van der Waals surface area (Å²) in [6, 6.07) is 1.79. The van der Waals surface area contributed by atoms with Crippen LogP contribution in [-0.4, -0.2) is 38.5 Å². The molecule has 2 amide bonds. The summed E-state index contributed by atoms with van der Waals surface area (Å²) < 4.78 is 0. The largest absolute Gasteiger partial charge is 0.465 e. The number of halogens is 1. The molecular weight excluding hydrogens is 306 g/mol. The Labute approximate surface area is 130 Å². The van der Waals surface area contributed by atoms with Crippen molar-refractivity contribution < 1.29 is 14.7 Å². The van der Waals surface area contributed by atoms with E-state index in [1.165, 1.54) is 0 Å². The number of H-pyrrole nitrogens is 1. The van der Waals surface area contributed by atoms with Gasteiger partial charge in [-0.25, -0.2) is 14.7 Å². The molecule has 0 saturated heterocycles. The van der Waals surface area contributed by atoms with Crippen molar-refractivity contribution in [2.24, 2.45) is 0 Å². The van der Waals surface area contributed by atoms with E-state index in [0.29, 0.717) is 23.6 Å². The lowest BCUT2D eigenvalue weighted by Gasteiger charge is -2.23. The van der Waals surface area contributed by atoms with Gasteiger partial charge in [0.25, 0.3) is 5.91 Å². The number of carboxylic acid groups (broad SMARTS) is 1. The Hall–Kier alpha value is -2.34. The Balaban J connectivity index is 1.90. The van der Waals surface area contributed by atoms with Gasteiger partial charge >= 0.3 is 6.09 Å². The van der Waals surface area contributed by atoms with Crippen molar-refractivity contribution in [3.8, 4) is 11.3 Å². The number of amides is 2. The quantitative estimate of drug-likeness (QED) is 0.731. The molecule has 112 valence electrons. The van der Waals surface area contributed by atoms with E-state index in [-0.39, 0.29) is 6.54 Å². The summed E-state index contributed by atoms with van der Waals surface area (Å²) >= 11 is 5.99. The highest BCUT2D eigenvalue weighted by Gasteiger charge is 2.35. The maximum Gasteiger partial charge on any atom is 0.414 e. The number of aromatic nitrogens is 2. The van der Waals surface area contributed by atoms with Crippen LogP contribution in [0.1, 0.15) is 27.2 Å². The third kappa shape index (κ3) is 1.77. The van der Waals surface area contributed by atoms with E-state index in [4.69, 9.17) is 16.7 Å². The first-order chi connectivity index (χ1) is 10.6. The zero-order valence-corrected chi connectivity index (χ0v) is 12.3. The maximum absolute atomic E-state index is 12.5. The van der Waals surface area contributed by atoms with Gasteiger partial charge in [0.2, 0.25) is 0 Å². The number of pyridine rings is 1. The van der Waals surface area contributed by atoms with Crippen molar-refractivity contribution in [1.82, 2.24) is 14.9 Å². The topological polar surface area (TPSA) is 86.3 Å². The standard InChI is InChI=1S/C15H12ClN3O3/c16-11-5-9-7(6-17-11)1-2-8-12-10(18-13(8)9)3-4-19(14(12)20)15(21)22/h5-6,18H,1-4H2,(H,21,22). The molecule has 0 aromatic carbocycles. The van der Waals surface area contributed by atoms with Crippen LogP contribution in [0.25, 0.3) is 11.3 Å². The Morgan fingerprint density at radius 2 is 2.18 bits per heavy atom. The van der Waals surface area contributed by atoms with E-state index in [1.807, 2.05) is 0 Å². The van der Waals surface area contributed by atoms with Crippen LogP contribution < -0.4 is 0 Å². The number of imide groups is 1. The molecule has 7 heteroatoms. The number of aromatic amines is 1. The molecule has 0 atom stereocenters. The third-order valence-electron chi connectivity index (χ3n) is 4.32. The molecule has 2 aromatic rings. The third-order valence-corrected chi connectivity index (χ3v) is 4.53. The van der Waals surface area contributed by atoms with Crippen LogP contribution in [0.5, 0.6) is 0 Å². The lowest BCUT2D eigenvalue weighted by molar-refractivity contribution is 0.0725. The first kappa shape index (κ1) is 13.3. The van der Waals surface area contributed by atoms with E-state index in [2.05, 4.69) is 9.97 Å². The number of carbonyl (C=O) groups is 2. The number of carbonyl (C=O) groups excluding carboxylic acids is 1. The van der Waals surface area contributed by atoms with Crippen molar-refractivity contribution in [3.63, 3.8) is 0 Å². The van der Waals surface area contributed by atoms with Crippen LogP contribution in [0.15, 0.2) is 12.3 Å². The molecule has 4 rings (SSSR count). The van der Waals surface area contributed by atoms with Gasteiger partial charge in [-0.05, 0) is 30.0 Å². The van der Waals surface area contributed by atoms with E-state index < -0.39 is 12.0 Å². The molecule has 0 radical (unpaired) electrons. The normalized spacial score (nSPS) is 16.0. The number of nitrogens with one attached hydrogen (secondary N) is 1. The highest BCUT2D eigenvalue weighted by molar-refractivity contribution is 6.29. The Morgan fingerprint density at radius 3 is 2.95 bits per heavy atom. The first-order valence-electron chi connectivity index (χ1n) is 6.99. The summed E-state index contributed by atoms with van der Waals surface area (Å²) in [6.45, 7) is 0.185. The van der Waals surface area contributed by atoms with Gasteiger partial charge in [-0.3, -0.25) is 4.79 Å². The first-order valence-corrected chi connectivity index (χ1v) is 7.37. The molecule has 3 heterocycles. The molecular formula is C15H12ClN3O3. The van der Waals surface area contributed by atoms with Gasteiger partial charge in [0, 0.05) is 30.4 Å². The minimum Gasteiger partial charge on any atom is -0.465 e. The van der Waals surface area contributed by atoms with E-state index in [9.17, 15) is 9.59 Å². The molecule has 0 spiro atoms. The van der Waals surface area contributed by atoms with Crippen molar-refractivity contribution in [2.75, 3.05) is 6.54 Å². The lowest BCUT2D eigenvalue weighted by atomic mass is 9.88. The molecule has 0 bridgehead atoms. The molecule has 6 nitrogen and oxygen atoms in total. The fraction of sp³-hybridized carbons (Fsp3) is 0.267. The number of rotatable bonds is 0. The van der Waals surface area contributed by atoms with Crippen LogP contribution in [-0.2, 0) is 19.3 Å². The summed E-state index contributed by atoms with van der Waals surface area (Å²) in [4.78, 5) is 31.9. The fourth-order valence-corrected chi connectivity index (χ4v) is 3.47. The summed E-state index contributed by atoms with van der Waals surface area (Å²) in [5, 5.41) is 9.54. The minimum atomic E-state index is -1.20. The lowest BCUT2D eigenvalue weighted by Crippen LogP contribution is -2.41. The average molecular weight is 318 g/mol. The smallest absolute Gasteiger partial charge is 0.414 e. The van der Waals surface area contributed by atoms with Gasteiger partial charge < -0.3 is 10.1 Å². The zero-order valence-electron chi connectivity index (χ0n) is 11.5. The SMILES string of the molecule is O=C(O)N1CCc2[nH]c3c(c2C1=O)CCc1cnc(Cl)cc1-3. The Morgan fingerprint density at radius 1 is 1.36 bits per heavy atom. The molecule has 0 unspecified atom stereocenters.